The molecule has 96 valence electrons. The highest BCUT2D eigenvalue weighted by atomic mass is 35.5. The molecule has 0 aromatic heterocycles. The second-order valence-corrected chi connectivity index (χ2v) is 2.98. The number of rotatable bonds is 6. The van der Waals surface area contributed by atoms with E-state index < -0.39 is 12.0 Å². The lowest BCUT2D eigenvalue weighted by atomic mass is 10.1. The van der Waals surface area contributed by atoms with Crippen LogP contribution in [-0.2, 0) is 4.79 Å². The molecule has 0 aromatic rings. The van der Waals surface area contributed by atoms with Gasteiger partial charge in [-0.2, -0.15) is 0 Å². The van der Waals surface area contributed by atoms with Gasteiger partial charge in [0.2, 0.25) is 0 Å². The lowest BCUT2D eigenvalue weighted by Crippen LogP contribution is -2.29. The Labute approximate surface area is 108 Å². The first-order valence-electron chi connectivity index (χ1n) is 4.44. The Morgan fingerprint density at radius 1 is 1.44 bits per heavy atom. The Morgan fingerprint density at radius 2 is 2.00 bits per heavy atom. The highest BCUT2D eigenvalue weighted by Gasteiger charge is 2.08. The summed E-state index contributed by atoms with van der Waals surface area (Å²) in [4.78, 5) is 14.3. The zero-order chi connectivity index (χ0) is 11.0. The van der Waals surface area contributed by atoms with Crippen molar-refractivity contribution < 1.29 is 9.90 Å². The zero-order valence-corrected chi connectivity index (χ0v) is 10.8. The summed E-state index contributed by atoms with van der Waals surface area (Å²) in [6, 6.07) is -0.778. The van der Waals surface area contributed by atoms with Crippen LogP contribution in [0.15, 0.2) is 17.1 Å². The van der Waals surface area contributed by atoms with E-state index in [4.69, 9.17) is 16.6 Å². The molecule has 7 heteroatoms. The number of hydrogen-bond donors (Lipinski definition) is 3. The van der Waals surface area contributed by atoms with Gasteiger partial charge in [-0.3, -0.25) is 9.79 Å². The van der Waals surface area contributed by atoms with Crippen LogP contribution in [0.4, 0.5) is 0 Å². The summed E-state index contributed by atoms with van der Waals surface area (Å²) in [5, 5.41) is 8.47. The number of halogens is 2. The minimum Gasteiger partial charge on any atom is -0.480 e. The van der Waals surface area contributed by atoms with Crippen molar-refractivity contribution in [2.45, 2.75) is 25.8 Å². The average Bonchev–Trinajstić information content (AvgIpc) is 2.09. The van der Waals surface area contributed by atoms with E-state index >= 15 is 0 Å². The fourth-order valence-corrected chi connectivity index (χ4v) is 0.788. The Hall–Kier alpha value is -0.780. The van der Waals surface area contributed by atoms with Gasteiger partial charge >= 0.3 is 5.97 Å². The maximum absolute atomic E-state index is 10.3. The van der Waals surface area contributed by atoms with Gasteiger partial charge in [-0.1, -0.05) is 12.2 Å². The Kier molecular flexibility index (Phi) is 15.8. The molecule has 0 saturated heterocycles. The molecule has 0 saturated carbocycles. The number of carbonyl (C=O) groups is 1. The molecule has 0 aliphatic carbocycles. The van der Waals surface area contributed by atoms with E-state index in [1.54, 1.807) is 6.92 Å². The van der Waals surface area contributed by atoms with E-state index in [1.807, 2.05) is 12.2 Å². The first-order valence-corrected chi connectivity index (χ1v) is 4.44. The Morgan fingerprint density at radius 3 is 2.44 bits per heavy atom. The van der Waals surface area contributed by atoms with Crippen LogP contribution < -0.4 is 11.5 Å². The molecule has 0 bridgehead atoms. The van der Waals surface area contributed by atoms with Crippen molar-refractivity contribution in [3.8, 4) is 0 Å². The second-order valence-electron chi connectivity index (χ2n) is 2.98. The predicted octanol–water partition coefficient (Wildman–Crippen LogP) is 0.955. The van der Waals surface area contributed by atoms with Crippen LogP contribution in [-0.4, -0.2) is 29.5 Å². The van der Waals surface area contributed by atoms with E-state index in [0.29, 0.717) is 25.2 Å². The first kappa shape index (κ1) is 20.6. The fourth-order valence-electron chi connectivity index (χ4n) is 0.788. The van der Waals surface area contributed by atoms with Crippen LogP contribution in [0.2, 0.25) is 0 Å². The highest BCUT2D eigenvalue weighted by Crippen LogP contribution is 1.95. The van der Waals surface area contributed by atoms with E-state index in [1.165, 1.54) is 0 Å². The quantitative estimate of drug-likeness (QED) is 0.380. The number of nitrogens with two attached hydrogens (primary N) is 2. The summed E-state index contributed by atoms with van der Waals surface area (Å²) in [6.45, 7) is 2.25. The van der Waals surface area contributed by atoms with Gasteiger partial charge in [0.15, 0.2) is 0 Å². The number of nitrogens with zero attached hydrogens (tertiary/aromatic N) is 1. The van der Waals surface area contributed by atoms with E-state index in [2.05, 4.69) is 4.99 Å². The topological polar surface area (TPSA) is 102 Å². The zero-order valence-electron chi connectivity index (χ0n) is 9.13. The second kappa shape index (κ2) is 12.3. The largest absolute Gasteiger partial charge is 0.480 e. The van der Waals surface area contributed by atoms with Crippen LogP contribution in [0, 0.1) is 0 Å². The van der Waals surface area contributed by atoms with Crippen LogP contribution in [0.1, 0.15) is 19.8 Å². The summed E-state index contributed by atoms with van der Waals surface area (Å²) in [6.07, 6.45) is 4.78. The molecule has 16 heavy (non-hydrogen) atoms. The smallest absolute Gasteiger partial charge is 0.320 e. The molecule has 5 N–H and O–H groups in total. The monoisotopic (exact) mass is 271 g/mol. The van der Waals surface area contributed by atoms with Crippen molar-refractivity contribution in [2.75, 3.05) is 6.54 Å². The third kappa shape index (κ3) is 13.2. The molecule has 5 nitrogen and oxygen atoms in total. The van der Waals surface area contributed by atoms with E-state index in [0.717, 1.165) is 0 Å². The molecule has 0 spiro atoms. The number of allylic oxidation sites excluding steroid dienone is 1. The highest BCUT2D eigenvalue weighted by molar-refractivity contribution is 5.85. The van der Waals surface area contributed by atoms with Gasteiger partial charge in [-0.05, 0) is 19.8 Å². The molecular formula is C9H19Cl2N3O2. The number of carboxylic acid groups (broad SMARTS) is 1. The van der Waals surface area contributed by atoms with Gasteiger partial charge in [0, 0.05) is 0 Å². The lowest BCUT2D eigenvalue weighted by Gasteiger charge is -2.01. The molecule has 0 heterocycles. The lowest BCUT2D eigenvalue weighted by molar-refractivity contribution is -0.138. The maximum atomic E-state index is 10.3. The molecular weight excluding hydrogens is 253 g/mol. The van der Waals surface area contributed by atoms with Gasteiger partial charge in [0.1, 0.15) is 6.04 Å². The van der Waals surface area contributed by atoms with Gasteiger partial charge < -0.3 is 16.6 Å². The van der Waals surface area contributed by atoms with Gasteiger partial charge in [0.25, 0.3) is 0 Å². The van der Waals surface area contributed by atoms with Gasteiger partial charge in [0.05, 0.1) is 12.4 Å². The number of aliphatic imine (C=N–C) groups is 1. The van der Waals surface area contributed by atoms with E-state index in [-0.39, 0.29) is 24.8 Å². The summed E-state index contributed by atoms with van der Waals surface area (Å²) in [5.41, 5.74) is 10.6. The van der Waals surface area contributed by atoms with Crippen molar-refractivity contribution in [3.05, 3.63) is 12.2 Å². The number of aliphatic carboxylic acids is 1. The number of amidine groups is 1. The van der Waals surface area contributed by atoms with E-state index in [9.17, 15) is 4.79 Å². The number of carboxylic acids is 1. The first-order chi connectivity index (χ1) is 6.54. The van der Waals surface area contributed by atoms with Crippen molar-refractivity contribution in [3.63, 3.8) is 0 Å². The molecule has 1 atom stereocenters. The minimum atomic E-state index is -0.964. The number of hydrogen-bond acceptors (Lipinski definition) is 3. The molecule has 0 aromatic carbocycles. The molecule has 0 amide bonds. The Balaban J connectivity index is -0.000000845. The molecule has 0 unspecified atom stereocenters. The maximum Gasteiger partial charge on any atom is 0.320 e. The van der Waals surface area contributed by atoms with Crippen molar-refractivity contribution in [1.29, 1.82) is 0 Å². The van der Waals surface area contributed by atoms with Gasteiger partial charge in [-0.15, -0.1) is 24.8 Å². The third-order valence-electron chi connectivity index (χ3n) is 1.57. The molecule has 0 fully saturated rings. The summed E-state index contributed by atoms with van der Waals surface area (Å²) < 4.78 is 0. The average molecular weight is 272 g/mol. The van der Waals surface area contributed by atoms with Crippen LogP contribution in [0.5, 0.6) is 0 Å². The van der Waals surface area contributed by atoms with Crippen LogP contribution in [0.3, 0.4) is 0 Å². The van der Waals surface area contributed by atoms with Crippen molar-refractivity contribution in [1.82, 2.24) is 0 Å². The predicted molar refractivity (Wildman–Crippen MR) is 70.6 cm³/mol. The van der Waals surface area contributed by atoms with Crippen molar-refractivity contribution >= 4 is 36.6 Å². The molecule has 0 rings (SSSR count). The normalized spacial score (nSPS) is 12.8. The molecule has 0 radical (unpaired) electrons. The Bertz CT molecular complexity index is 241. The molecule has 0 aliphatic heterocycles. The van der Waals surface area contributed by atoms with Crippen LogP contribution in [0.25, 0.3) is 0 Å². The minimum absolute atomic E-state index is 0. The standard InChI is InChI=1S/C9H17N3O2.2ClH/c1-7(10)12-6-4-2-3-5-8(11)9(13)14;;/h2,4,8H,3,5-6,11H2,1H3,(H2,10,12)(H,13,14);2*1H/b4-2-;;/t8-;;/m0../s1. The van der Waals surface area contributed by atoms with Gasteiger partial charge in [-0.25, -0.2) is 0 Å². The SMILES string of the molecule is CC(N)=NC/C=C\CC[C@H](N)C(=O)O.Cl.Cl. The fraction of sp³-hybridized carbons (Fsp3) is 0.556. The third-order valence-corrected chi connectivity index (χ3v) is 1.57. The van der Waals surface area contributed by atoms with Crippen LogP contribution >= 0.6 is 24.8 Å². The summed E-state index contributed by atoms with van der Waals surface area (Å²) >= 11 is 0. The van der Waals surface area contributed by atoms with Crippen molar-refractivity contribution in [2.24, 2.45) is 16.5 Å². The summed E-state index contributed by atoms with van der Waals surface area (Å²) in [7, 11) is 0. The summed E-state index contributed by atoms with van der Waals surface area (Å²) in [5.74, 6) is -0.425. The molecule has 0 aliphatic rings.